The van der Waals surface area contributed by atoms with Crippen molar-refractivity contribution in [1.29, 1.82) is 0 Å². The summed E-state index contributed by atoms with van der Waals surface area (Å²) >= 11 is 1.54. The minimum absolute atomic E-state index is 0.0203. The van der Waals surface area contributed by atoms with E-state index in [0.717, 1.165) is 11.5 Å². The van der Waals surface area contributed by atoms with Crippen LogP contribution >= 0.6 is 11.3 Å². The molecule has 1 fully saturated rings. The van der Waals surface area contributed by atoms with Crippen molar-refractivity contribution in [2.75, 3.05) is 45.2 Å². The van der Waals surface area contributed by atoms with E-state index < -0.39 is 0 Å². The number of hydrogen-bond donors (Lipinski definition) is 0. The summed E-state index contributed by atoms with van der Waals surface area (Å²) < 4.78 is 0. The lowest BCUT2D eigenvalue weighted by atomic mass is 10.3. The number of hydrogen-bond acceptors (Lipinski definition) is 4. The van der Waals surface area contributed by atoms with E-state index in [0.29, 0.717) is 13.1 Å². The fourth-order valence-corrected chi connectivity index (χ4v) is 2.76. The molecule has 2 rings (SSSR count). The van der Waals surface area contributed by atoms with Crippen molar-refractivity contribution in [3.63, 3.8) is 0 Å². The zero-order valence-corrected chi connectivity index (χ0v) is 12.6. The molecule has 6 heteroatoms. The van der Waals surface area contributed by atoms with Crippen LogP contribution in [0.2, 0.25) is 0 Å². The Hall–Kier alpha value is -1.66. The average Bonchev–Trinajstić information content (AvgIpc) is 2.91. The highest BCUT2D eigenvalue weighted by atomic mass is 32.1. The maximum atomic E-state index is 12.1. The van der Waals surface area contributed by atoms with Gasteiger partial charge < -0.3 is 14.7 Å². The Morgan fingerprint density at radius 1 is 1.45 bits per heavy atom. The number of piperazine rings is 1. The van der Waals surface area contributed by atoms with Gasteiger partial charge in [0.2, 0.25) is 11.8 Å². The first kappa shape index (κ1) is 14.7. The van der Waals surface area contributed by atoms with Crippen molar-refractivity contribution < 1.29 is 9.59 Å². The lowest BCUT2D eigenvalue weighted by Crippen LogP contribution is -2.51. The van der Waals surface area contributed by atoms with Crippen molar-refractivity contribution >= 4 is 28.2 Å². The largest absolute Gasteiger partial charge is 0.328 e. The molecule has 0 N–H and O–H groups in total. The van der Waals surface area contributed by atoms with Gasteiger partial charge in [0.25, 0.3) is 0 Å². The molecule has 1 aromatic heterocycles. The van der Waals surface area contributed by atoms with E-state index >= 15 is 0 Å². The summed E-state index contributed by atoms with van der Waals surface area (Å²) in [5.41, 5.74) is 0. The summed E-state index contributed by atoms with van der Waals surface area (Å²) in [7, 11) is 3.89. The molecule has 0 spiro atoms. The Morgan fingerprint density at radius 3 is 2.85 bits per heavy atom. The van der Waals surface area contributed by atoms with Crippen LogP contribution in [-0.2, 0) is 9.59 Å². The fourth-order valence-electron chi connectivity index (χ4n) is 1.99. The van der Waals surface area contributed by atoms with E-state index in [9.17, 15) is 9.59 Å². The third-order valence-corrected chi connectivity index (χ3v) is 3.93. The van der Waals surface area contributed by atoms with E-state index in [-0.39, 0.29) is 18.4 Å². The number of carbonyl (C=O) groups is 2. The highest BCUT2D eigenvalue weighted by molar-refractivity contribution is 7.14. The van der Waals surface area contributed by atoms with Crippen LogP contribution in [0.4, 0.5) is 5.00 Å². The van der Waals surface area contributed by atoms with Gasteiger partial charge in [-0.15, -0.1) is 11.3 Å². The number of anilines is 1. The van der Waals surface area contributed by atoms with E-state index in [1.54, 1.807) is 27.2 Å². The second-order valence-electron chi connectivity index (χ2n) is 4.92. The summed E-state index contributed by atoms with van der Waals surface area (Å²) in [4.78, 5) is 29.4. The predicted molar refractivity (Wildman–Crippen MR) is 80.9 cm³/mol. The maximum Gasteiger partial charge on any atom is 0.247 e. The van der Waals surface area contributed by atoms with Crippen LogP contribution in [0.15, 0.2) is 29.7 Å². The monoisotopic (exact) mass is 293 g/mol. The van der Waals surface area contributed by atoms with Crippen molar-refractivity contribution in [3.8, 4) is 0 Å². The fraction of sp³-hybridized carbons (Fsp3) is 0.429. The van der Waals surface area contributed by atoms with Gasteiger partial charge in [-0.1, -0.05) is 6.08 Å². The summed E-state index contributed by atoms with van der Waals surface area (Å²) in [5, 5.41) is 2.90. The second kappa shape index (κ2) is 6.67. The molecule has 2 amide bonds. The molecule has 1 aliphatic heterocycles. The zero-order chi connectivity index (χ0) is 14.5. The Labute approximate surface area is 123 Å². The first-order valence-electron chi connectivity index (χ1n) is 6.52. The van der Waals surface area contributed by atoms with E-state index in [1.807, 2.05) is 42.6 Å². The zero-order valence-electron chi connectivity index (χ0n) is 11.8. The lowest BCUT2D eigenvalue weighted by molar-refractivity contribution is -0.133. The lowest BCUT2D eigenvalue weighted by Gasteiger charge is -2.33. The standard InChI is InChI=1S/C14H19N3O2S/c1-15(2)7-3-5-12(18)16-8-9-17(13(19)11-16)14-6-4-10-20-14/h3-6,10H,7-9,11H2,1-2H3/b5-3+. The molecule has 0 aliphatic carbocycles. The third-order valence-electron chi connectivity index (χ3n) is 3.04. The minimum Gasteiger partial charge on any atom is -0.328 e. The van der Waals surface area contributed by atoms with Gasteiger partial charge in [-0.25, -0.2) is 0 Å². The number of likely N-dealkylation sites (N-methyl/N-ethyl adjacent to an activating group) is 1. The van der Waals surface area contributed by atoms with Crippen LogP contribution in [0.3, 0.4) is 0 Å². The number of thiophene rings is 1. The molecule has 1 aromatic rings. The normalized spacial score (nSPS) is 16.4. The highest BCUT2D eigenvalue weighted by Crippen LogP contribution is 2.23. The van der Waals surface area contributed by atoms with Crippen LogP contribution in [0.25, 0.3) is 0 Å². The highest BCUT2D eigenvalue weighted by Gasteiger charge is 2.27. The Balaban J connectivity index is 1.90. The van der Waals surface area contributed by atoms with E-state index in [4.69, 9.17) is 0 Å². The third kappa shape index (κ3) is 3.68. The molecule has 5 nitrogen and oxygen atoms in total. The summed E-state index contributed by atoms with van der Waals surface area (Å²) in [6, 6.07) is 3.85. The molecule has 0 radical (unpaired) electrons. The first-order chi connectivity index (χ1) is 9.58. The molecule has 1 saturated heterocycles. The Bertz CT molecular complexity index is 497. The number of nitrogens with zero attached hydrogens (tertiary/aromatic N) is 3. The summed E-state index contributed by atoms with van der Waals surface area (Å²) in [6.07, 6.45) is 3.37. The predicted octanol–water partition coefficient (Wildman–Crippen LogP) is 1.04. The quantitative estimate of drug-likeness (QED) is 0.779. The average molecular weight is 293 g/mol. The molecular formula is C14H19N3O2S. The van der Waals surface area contributed by atoms with E-state index in [2.05, 4.69) is 0 Å². The first-order valence-corrected chi connectivity index (χ1v) is 7.40. The van der Waals surface area contributed by atoms with Crippen molar-refractivity contribution in [1.82, 2.24) is 9.80 Å². The topological polar surface area (TPSA) is 43.9 Å². The number of amides is 2. The van der Waals surface area contributed by atoms with Crippen LogP contribution in [0.5, 0.6) is 0 Å². The summed E-state index contributed by atoms with van der Waals surface area (Å²) in [6.45, 7) is 2.01. The van der Waals surface area contributed by atoms with Gasteiger partial charge in [0.15, 0.2) is 0 Å². The van der Waals surface area contributed by atoms with Crippen molar-refractivity contribution in [2.24, 2.45) is 0 Å². The van der Waals surface area contributed by atoms with Gasteiger partial charge in [-0.05, 0) is 31.6 Å². The molecule has 108 valence electrons. The smallest absolute Gasteiger partial charge is 0.247 e. The van der Waals surface area contributed by atoms with Crippen LogP contribution < -0.4 is 4.90 Å². The molecule has 0 saturated carbocycles. The molecule has 0 aromatic carbocycles. The number of carbonyl (C=O) groups excluding carboxylic acids is 2. The van der Waals surface area contributed by atoms with Crippen molar-refractivity contribution in [3.05, 3.63) is 29.7 Å². The van der Waals surface area contributed by atoms with Gasteiger partial charge in [-0.2, -0.15) is 0 Å². The SMILES string of the molecule is CN(C)C/C=C/C(=O)N1CCN(c2cccs2)C(=O)C1. The van der Waals surface area contributed by atoms with Gasteiger partial charge >= 0.3 is 0 Å². The molecule has 0 atom stereocenters. The molecule has 0 bridgehead atoms. The maximum absolute atomic E-state index is 12.1. The second-order valence-corrected chi connectivity index (χ2v) is 5.85. The van der Waals surface area contributed by atoms with E-state index in [1.165, 1.54) is 0 Å². The Morgan fingerprint density at radius 2 is 2.25 bits per heavy atom. The van der Waals surface area contributed by atoms with Crippen LogP contribution in [-0.4, -0.2) is 61.9 Å². The van der Waals surface area contributed by atoms with Gasteiger partial charge in [-0.3, -0.25) is 9.59 Å². The minimum atomic E-state index is -0.0916. The van der Waals surface area contributed by atoms with Gasteiger partial charge in [0.05, 0.1) is 5.00 Å². The molecule has 1 aliphatic rings. The van der Waals surface area contributed by atoms with Crippen LogP contribution in [0.1, 0.15) is 0 Å². The molecule has 0 unspecified atom stereocenters. The molecular weight excluding hydrogens is 274 g/mol. The van der Waals surface area contributed by atoms with Crippen LogP contribution in [0, 0.1) is 0 Å². The van der Waals surface area contributed by atoms with Gasteiger partial charge in [0, 0.05) is 25.7 Å². The molecule has 2 heterocycles. The molecule has 20 heavy (non-hydrogen) atoms. The van der Waals surface area contributed by atoms with Crippen molar-refractivity contribution in [2.45, 2.75) is 0 Å². The Kier molecular flexibility index (Phi) is 4.92. The van der Waals surface area contributed by atoms with Gasteiger partial charge in [0.1, 0.15) is 6.54 Å². The summed E-state index contributed by atoms with van der Waals surface area (Å²) in [5.74, 6) is -0.112. The number of rotatable bonds is 4.